The summed E-state index contributed by atoms with van der Waals surface area (Å²) in [6.45, 7) is 0.708. The number of primary amides is 2. The van der Waals surface area contributed by atoms with Crippen molar-refractivity contribution in [3.8, 4) is 10.4 Å². The fraction of sp³-hybridized carbons (Fsp3) is 0.278. The zero-order valence-electron chi connectivity index (χ0n) is 14.8. The number of carbonyl (C=O) groups is 3. The molecule has 0 radical (unpaired) electrons. The number of nitrogens with one attached hydrogen (secondary N) is 1. The van der Waals surface area contributed by atoms with Crippen molar-refractivity contribution in [2.75, 3.05) is 18.4 Å². The molecule has 5 N–H and O–H groups in total. The Hall–Kier alpha value is -3.14. The van der Waals surface area contributed by atoms with Crippen molar-refractivity contribution in [2.24, 2.45) is 11.5 Å². The minimum Gasteiger partial charge on any atom is -0.456 e. The third-order valence-electron chi connectivity index (χ3n) is 4.28. The predicted octanol–water partition coefficient (Wildman–Crippen LogP) is 2.74. The Morgan fingerprint density at radius 1 is 1.25 bits per heavy atom. The molecule has 4 amide bonds. The highest BCUT2D eigenvalue weighted by atomic mass is 32.1. The van der Waals surface area contributed by atoms with Crippen LogP contribution in [0.5, 0.6) is 0 Å². The van der Waals surface area contributed by atoms with Crippen molar-refractivity contribution in [1.82, 2.24) is 4.90 Å². The number of rotatable bonds is 4. The Kier molecular flexibility index (Phi) is 5.78. The van der Waals surface area contributed by atoms with Crippen molar-refractivity contribution in [1.29, 1.82) is 0 Å². The number of amides is 4. The van der Waals surface area contributed by atoms with Gasteiger partial charge in [0.15, 0.2) is 0 Å². The number of benzene rings is 1. The van der Waals surface area contributed by atoms with E-state index in [9.17, 15) is 18.8 Å². The van der Waals surface area contributed by atoms with Gasteiger partial charge in [0.05, 0.1) is 12.2 Å². The van der Waals surface area contributed by atoms with E-state index in [-0.39, 0.29) is 22.7 Å². The Labute approximate surface area is 164 Å². The molecule has 0 saturated carbocycles. The molecule has 0 aliphatic carbocycles. The van der Waals surface area contributed by atoms with E-state index in [0.717, 1.165) is 11.3 Å². The van der Waals surface area contributed by atoms with E-state index in [0.29, 0.717) is 24.3 Å². The Morgan fingerprint density at radius 3 is 2.68 bits per heavy atom. The van der Waals surface area contributed by atoms with E-state index in [1.807, 2.05) is 0 Å². The van der Waals surface area contributed by atoms with Gasteiger partial charge in [0, 0.05) is 17.0 Å². The first kappa shape index (κ1) is 19.6. The molecule has 1 aromatic heterocycles. The van der Waals surface area contributed by atoms with Gasteiger partial charge in [-0.25, -0.2) is 18.8 Å². The lowest BCUT2D eigenvalue weighted by Crippen LogP contribution is -2.46. The Morgan fingerprint density at radius 2 is 2.00 bits per heavy atom. The summed E-state index contributed by atoms with van der Waals surface area (Å²) < 4.78 is 19.6. The number of nitrogens with zero attached hydrogens (tertiary/aromatic N) is 1. The van der Waals surface area contributed by atoms with Gasteiger partial charge in [-0.1, -0.05) is 18.2 Å². The maximum atomic E-state index is 14.1. The number of anilines is 1. The lowest BCUT2D eigenvalue weighted by Gasteiger charge is -2.31. The number of carbonyl (C=O) groups excluding carboxylic acids is 3. The standard InChI is InChI=1S/C18H19FN4O4S/c19-12-6-2-1-5-11(12)14-8-13(22-17(20)25)15(28-14)16(24)27-10-4-3-7-23(9-10)18(21)26/h1-2,5-6,8,10H,3-4,7,9H2,(H2,21,26)(H3,20,22,25). The van der Waals surface area contributed by atoms with Crippen LogP contribution in [0.2, 0.25) is 0 Å². The maximum Gasteiger partial charge on any atom is 0.350 e. The number of esters is 1. The number of ether oxygens (including phenoxy) is 1. The lowest BCUT2D eigenvalue weighted by atomic mass is 10.1. The number of halogens is 1. The average molecular weight is 406 g/mol. The van der Waals surface area contributed by atoms with Crippen molar-refractivity contribution in [3.63, 3.8) is 0 Å². The second-order valence-electron chi connectivity index (χ2n) is 6.28. The van der Waals surface area contributed by atoms with Gasteiger partial charge in [-0.05, 0) is 25.0 Å². The number of thiophene rings is 1. The first-order chi connectivity index (χ1) is 13.3. The monoisotopic (exact) mass is 406 g/mol. The maximum absolute atomic E-state index is 14.1. The van der Waals surface area contributed by atoms with Gasteiger partial charge in [-0.2, -0.15) is 0 Å². The third kappa shape index (κ3) is 4.39. The topological polar surface area (TPSA) is 128 Å². The molecule has 1 aromatic carbocycles. The quantitative estimate of drug-likeness (QED) is 0.675. The molecule has 148 valence electrons. The van der Waals surface area contributed by atoms with Crippen molar-refractivity contribution in [3.05, 3.63) is 41.0 Å². The van der Waals surface area contributed by atoms with E-state index in [2.05, 4.69) is 5.32 Å². The molecule has 2 aromatic rings. The SMILES string of the molecule is NC(=O)Nc1cc(-c2ccccc2F)sc1C(=O)OC1CCCN(C(N)=O)C1. The molecule has 1 unspecified atom stereocenters. The summed E-state index contributed by atoms with van der Waals surface area (Å²) in [6, 6.07) is 6.13. The smallest absolute Gasteiger partial charge is 0.350 e. The molecule has 1 saturated heterocycles. The van der Waals surface area contributed by atoms with Gasteiger partial charge < -0.3 is 26.4 Å². The van der Waals surface area contributed by atoms with Crippen LogP contribution in [0.3, 0.4) is 0 Å². The van der Waals surface area contributed by atoms with Crippen molar-refractivity contribution in [2.45, 2.75) is 18.9 Å². The van der Waals surface area contributed by atoms with E-state index >= 15 is 0 Å². The average Bonchev–Trinajstić information content (AvgIpc) is 3.05. The molecule has 10 heteroatoms. The van der Waals surface area contributed by atoms with Gasteiger partial charge in [-0.15, -0.1) is 11.3 Å². The van der Waals surface area contributed by atoms with Crippen LogP contribution in [-0.4, -0.2) is 42.1 Å². The van der Waals surface area contributed by atoms with Crippen molar-refractivity contribution >= 4 is 35.1 Å². The lowest BCUT2D eigenvalue weighted by molar-refractivity contribution is 0.0134. The van der Waals surface area contributed by atoms with E-state index in [4.69, 9.17) is 16.2 Å². The normalized spacial score (nSPS) is 16.5. The molecular weight excluding hydrogens is 387 g/mol. The minimum atomic E-state index is -0.857. The molecule has 1 aliphatic heterocycles. The number of hydrogen-bond donors (Lipinski definition) is 3. The molecule has 0 spiro atoms. The molecule has 0 bridgehead atoms. The van der Waals surface area contributed by atoms with Crippen LogP contribution >= 0.6 is 11.3 Å². The Bertz CT molecular complexity index is 917. The third-order valence-corrected chi connectivity index (χ3v) is 5.43. The van der Waals surface area contributed by atoms with E-state index in [1.165, 1.54) is 17.0 Å². The summed E-state index contributed by atoms with van der Waals surface area (Å²) in [5, 5.41) is 2.37. The number of urea groups is 2. The van der Waals surface area contributed by atoms with Gasteiger partial charge >= 0.3 is 18.0 Å². The number of piperidine rings is 1. The van der Waals surface area contributed by atoms with Gasteiger partial charge in [0.25, 0.3) is 0 Å². The zero-order chi connectivity index (χ0) is 20.3. The van der Waals surface area contributed by atoms with Crippen LogP contribution in [0.1, 0.15) is 22.5 Å². The first-order valence-electron chi connectivity index (χ1n) is 8.55. The van der Waals surface area contributed by atoms with Gasteiger partial charge in [0.2, 0.25) is 0 Å². The summed E-state index contributed by atoms with van der Waals surface area (Å²) in [4.78, 5) is 37.3. The number of hydrogen-bond acceptors (Lipinski definition) is 5. The van der Waals surface area contributed by atoms with Crippen LogP contribution in [0.25, 0.3) is 10.4 Å². The second kappa shape index (κ2) is 8.26. The summed E-state index contributed by atoms with van der Waals surface area (Å²) in [6.07, 6.45) is 0.715. The van der Waals surface area contributed by atoms with Gasteiger partial charge in [-0.3, -0.25) is 0 Å². The first-order valence-corrected chi connectivity index (χ1v) is 9.37. The predicted molar refractivity (Wildman–Crippen MR) is 103 cm³/mol. The largest absolute Gasteiger partial charge is 0.456 e. The molecule has 1 fully saturated rings. The summed E-state index contributed by atoms with van der Waals surface area (Å²) >= 11 is 0.982. The molecule has 1 atom stereocenters. The highest BCUT2D eigenvalue weighted by molar-refractivity contribution is 7.18. The van der Waals surface area contributed by atoms with Crippen LogP contribution in [-0.2, 0) is 4.74 Å². The van der Waals surface area contributed by atoms with Crippen molar-refractivity contribution < 1.29 is 23.5 Å². The summed E-state index contributed by atoms with van der Waals surface area (Å²) in [5.74, 6) is -1.15. The molecule has 3 rings (SSSR count). The zero-order valence-corrected chi connectivity index (χ0v) is 15.6. The van der Waals surface area contributed by atoms with Crippen LogP contribution < -0.4 is 16.8 Å². The second-order valence-corrected chi connectivity index (χ2v) is 7.33. The molecule has 1 aliphatic rings. The molecule has 8 nitrogen and oxygen atoms in total. The van der Waals surface area contributed by atoms with Crippen LogP contribution in [0, 0.1) is 5.82 Å². The van der Waals surface area contributed by atoms with Crippen LogP contribution in [0.4, 0.5) is 19.7 Å². The fourth-order valence-corrected chi connectivity index (χ4v) is 4.03. The number of likely N-dealkylation sites (tertiary alicyclic amines) is 1. The summed E-state index contributed by atoms with van der Waals surface area (Å²) in [5.41, 5.74) is 10.9. The molecule has 2 heterocycles. The van der Waals surface area contributed by atoms with Gasteiger partial charge in [0.1, 0.15) is 16.8 Å². The molecular formula is C18H19FN4O4S. The highest BCUT2D eigenvalue weighted by Crippen LogP contribution is 2.36. The fourth-order valence-electron chi connectivity index (χ4n) is 3.00. The molecule has 28 heavy (non-hydrogen) atoms. The Balaban J connectivity index is 1.85. The van der Waals surface area contributed by atoms with Crippen LogP contribution in [0.15, 0.2) is 30.3 Å². The summed E-state index contributed by atoms with van der Waals surface area (Å²) in [7, 11) is 0. The highest BCUT2D eigenvalue weighted by Gasteiger charge is 2.28. The van der Waals surface area contributed by atoms with E-state index < -0.39 is 30.0 Å². The minimum absolute atomic E-state index is 0.0910. The number of nitrogens with two attached hydrogens (primary N) is 2. The van der Waals surface area contributed by atoms with E-state index in [1.54, 1.807) is 18.2 Å².